The molecule has 0 radical (unpaired) electrons. The Labute approximate surface area is 120 Å². The van der Waals surface area contributed by atoms with E-state index in [9.17, 15) is 4.79 Å². The first-order valence-electron chi connectivity index (χ1n) is 5.99. The maximum Gasteiger partial charge on any atom is 0.195 e. The van der Waals surface area contributed by atoms with Crippen LogP contribution in [0.5, 0.6) is 5.75 Å². The third-order valence-electron chi connectivity index (χ3n) is 2.47. The minimum Gasteiger partial charge on any atom is -0.489 e. The van der Waals surface area contributed by atoms with Crippen molar-refractivity contribution in [3.63, 3.8) is 0 Å². The summed E-state index contributed by atoms with van der Waals surface area (Å²) >= 11 is 3.38. The Bertz CT molecular complexity index is 596. The van der Waals surface area contributed by atoms with Gasteiger partial charge in [-0.15, -0.1) is 0 Å². The van der Waals surface area contributed by atoms with E-state index in [1.54, 1.807) is 24.5 Å². The Kier molecular flexibility index (Phi) is 4.32. The molecule has 1 heterocycles. The first-order valence-corrected chi connectivity index (χ1v) is 6.78. The van der Waals surface area contributed by atoms with E-state index < -0.39 is 0 Å². The normalized spacial score (nSPS) is 10.5. The smallest absolute Gasteiger partial charge is 0.195 e. The molecule has 1 aromatic carbocycles. The maximum atomic E-state index is 12.4. The predicted molar refractivity (Wildman–Crippen MR) is 77.6 cm³/mol. The van der Waals surface area contributed by atoms with Crippen LogP contribution >= 0.6 is 15.9 Å². The number of benzene rings is 1. The fourth-order valence-corrected chi connectivity index (χ4v) is 2.15. The molecule has 0 aliphatic rings. The molecule has 4 heteroatoms. The van der Waals surface area contributed by atoms with Crippen molar-refractivity contribution in [1.82, 2.24) is 4.98 Å². The Morgan fingerprint density at radius 2 is 2.00 bits per heavy atom. The monoisotopic (exact) mass is 319 g/mol. The maximum absolute atomic E-state index is 12.4. The van der Waals surface area contributed by atoms with Gasteiger partial charge in [0, 0.05) is 21.8 Å². The van der Waals surface area contributed by atoms with Gasteiger partial charge in [-0.3, -0.25) is 9.78 Å². The fraction of sp³-hybridized carbons (Fsp3) is 0.200. The zero-order chi connectivity index (χ0) is 13.8. The van der Waals surface area contributed by atoms with E-state index in [1.807, 2.05) is 32.0 Å². The number of nitrogens with zero attached hydrogens (tertiary/aromatic N) is 1. The molecule has 0 saturated heterocycles. The van der Waals surface area contributed by atoms with Crippen LogP contribution in [0.15, 0.2) is 47.2 Å². The molecule has 0 N–H and O–H groups in total. The average molecular weight is 320 g/mol. The number of rotatable bonds is 4. The summed E-state index contributed by atoms with van der Waals surface area (Å²) in [5.41, 5.74) is 1.14. The third kappa shape index (κ3) is 3.41. The van der Waals surface area contributed by atoms with E-state index in [-0.39, 0.29) is 11.9 Å². The molecule has 0 aliphatic carbocycles. The summed E-state index contributed by atoms with van der Waals surface area (Å²) < 4.78 is 6.32. The second-order valence-corrected chi connectivity index (χ2v) is 5.24. The third-order valence-corrected chi connectivity index (χ3v) is 3.16. The second-order valence-electron chi connectivity index (χ2n) is 4.38. The lowest BCUT2D eigenvalue weighted by atomic mass is 10.1. The van der Waals surface area contributed by atoms with Crippen molar-refractivity contribution in [3.8, 4) is 5.75 Å². The van der Waals surface area contributed by atoms with E-state index in [0.717, 1.165) is 4.47 Å². The van der Waals surface area contributed by atoms with Gasteiger partial charge in [-0.25, -0.2) is 0 Å². The lowest BCUT2D eigenvalue weighted by Gasteiger charge is -2.10. The van der Waals surface area contributed by atoms with E-state index in [2.05, 4.69) is 20.9 Å². The Morgan fingerprint density at radius 1 is 1.26 bits per heavy atom. The summed E-state index contributed by atoms with van der Waals surface area (Å²) in [6, 6.07) is 9.05. The number of hydrogen-bond donors (Lipinski definition) is 0. The number of halogens is 1. The van der Waals surface area contributed by atoms with Gasteiger partial charge in [0.15, 0.2) is 5.78 Å². The number of ketones is 1. The minimum atomic E-state index is -0.0748. The van der Waals surface area contributed by atoms with Gasteiger partial charge >= 0.3 is 0 Å². The molecule has 0 spiro atoms. The number of carbonyl (C=O) groups excluding carboxylic acids is 1. The summed E-state index contributed by atoms with van der Waals surface area (Å²) in [5, 5.41) is 0. The van der Waals surface area contributed by atoms with Crippen LogP contribution in [-0.2, 0) is 0 Å². The molecule has 19 heavy (non-hydrogen) atoms. The summed E-state index contributed by atoms with van der Waals surface area (Å²) in [6.07, 6.45) is 3.21. The van der Waals surface area contributed by atoms with Gasteiger partial charge in [-0.05, 0) is 32.0 Å². The van der Waals surface area contributed by atoms with Crippen molar-refractivity contribution in [2.24, 2.45) is 0 Å². The summed E-state index contributed by atoms with van der Waals surface area (Å²) in [5.74, 6) is 0.530. The van der Waals surface area contributed by atoms with Gasteiger partial charge in [0.25, 0.3) is 0 Å². The minimum absolute atomic E-state index is 0.0515. The van der Waals surface area contributed by atoms with Crippen molar-refractivity contribution in [2.45, 2.75) is 20.0 Å². The summed E-state index contributed by atoms with van der Waals surface area (Å²) in [4.78, 5) is 16.4. The molecular weight excluding hydrogens is 306 g/mol. The van der Waals surface area contributed by atoms with Crippen LogP contribution in [0.4, 0.5) is 0 Å². The lowest BCUT2D eigenvalue weighted by Crippen LogP contribution is -2.08. The molecule has 0 bridgehead atoms. The van der Waals surface area contributed by atoms with Crippen molar-refractivity contribution in [2.75, 3.05) is 0 Å². The zero-order valence-corrected chi connectivity index (χ0v) is 12.3. The van der Waals surface area contributed by atoms with Gasteiger partial charge in [-0.1, -0.05) is 28.1 Å². The molecule has 0 aliphatic heterocycles. The zero-order valence-electron chi connectivity index (χ0n) is 10.8. The molecule has 3 nitrogen and oxygen atoms in total. The summed E-state index contributed by atoms with van der Waals surface area (Å²) in [7, 11) is 0. The SMILES string of the molecule is CC(C)Oc1cncc(C(=O)c2ccccc2Br)c1. The van der Waals surface area contributed by atoms with Crippen LogP contribution in [-0.4, -0.2) is 16.9 Å². The van der Waals surface area contributed by atoms with Gasteiger partial charge in [0.1, 0.15) is 5.75 Å². The number of hydrogen-bond acceptors (Lipinski definition) is 3. The molecular formula is C15H14BrNO2. The summed E-state index contributed by atoms with van der Waals surface area (Å²) in [6.45, 7) is 3.87. The molecule has 2 rings (SSSR count). The molecule has 0 fully saturated rings. The van der Waals surface area contributed by atoms with Crippen LogP contribution in [0.2, 0.25) is 0 Å². The fourth-order valence-electron chi connectivity index (χ4n) is 1.68. The molecule has 98 valence electrons. The van der Waals surface area contributed by atoms with Crippen molar-refractivity contribution in [1.29, 1.82) is 0 Å². The highest BCUT2D eigenvalue weighted by molar-refractivity contribution is 9.10. The van der Waals surface area contributed by atoms with E-state index in [0.29, 0.717) is 16.9 Å². The van der Waals surface area contributed by atoms with Crippen LogP contribution in [0.25, 0.3) is 0 Å². The van der Waals surface area contributed by atoms with Crippen LogP contribution < -0.4 is 4.74 Å². The highest BCUT2D eigenvalue weighted by atomic mass is 79.9. The molecule has 0 atom stereocenters. The standard InChI is InChI=1S/C15H14BrNO2/c1-10(2)19-12-7-11(8-17-9-12)15(18)13-5-3-4-6-14(13)16/h3-10H,1-2H3. The largest absolute Gasteiger partial charge is 0.489 e. The molecule has 2 aromatic rings. The average Bonchev–Trinajstić information content (AvgIpc) is 2.38. The Balaban J connectivity index is 2.32. The highest BCUT2D eigenvalue weighted by Crippen LogP contribution is 2.21. The molecule has 0 saturated carbocycles. The van der Waals surface area contributed by atoms with Crippen molar-refractivity contribution >= 4 is 21.7 Å². The number of aromatic nitrogens is 1. The first-order chi connectivity index (χ1) is 9.08. The van der Waals surface area contributed by atoms with Crippen LogP contribution in [0.1, 0.15) is 29.8 Å². The second kappa shape index (κ2) is 5.97. The van der Waals surface area contributed by atoms with Gasteiger partial charge < -0.3 is 4.74 Å². The van der Waals surface area contributed by atoms with Gasteiger partial charge in [0.2, 0.25) is 0 Å². The topological polar surface area (TPSA) is 39.2 Å². The van der Waals surface area contributed by atoms with Gasteiger partial charge in [0.05, 0.1) is 12.3 Å². The number of carbonyl (C=O) groups is 1. The Hall–Kier alpha value is -1.68. The number of ether oxygens (including phenoxy) is 1. The number of pyridine rings is 1. The predicted octanol–water partition coefficient (Wildman–Crippen LogP) is 3.86. The van der Waals surface area contributed by atoms with Crippen molar-refractivity contribution in [3.05, 3.63) is 58.3 Å². The van der Waals surface area contributed by atoms with Crippen LogP contribution in [0, 0.1) is 0 Å². The van der Waals surface area contributed by atoms with Crippen molar-refractivity contribution < 1.29 is 9.53 Å². The lowest BCUT2D eigenvalue weighted by molar-refractivity contribution is 0.103. The van der Waals surface area contributed by atoms with E-state index >= 15 is 0 Å². The van der Waals surface area contributed by atoms with E-state index in [4.69, 9.17) is 4.74 Å². The van der Waals surface area contributed by atoms with Crippen LogP contribution in [0.3, 0.4) is 0 Å². The van der Waals surface area contributed by atoms with E-state index in [1.165, 1.54) is 0 Å². The highest BCUT2D eigenvalue weighted by Gasteiger charge is 2.13. The molecule has 0 amide bonds. The Morgan fingerprint density at radius 3 is 2.68 bits per heavy atom. The van der Waals surface area contributed by atoms with Gasteiger partial charge in [-0.2, -0.15) is 0 Å². The molecule has 0 unspecified atom stereocenters. The molecule has 1 aromatic heterocycles. The first kappa shape index (κ1) is 13.7. The quantitative estimate of drug-likeness (QED) is 0.803.